The van der Waals surface area contributed by atoms with E-state index in [-0.39, 0.29) is 12.5 Å². The zero-order chi connectivity index (χ0) is 29.1. The number of aromatic amines is 1. The molecule has 0 spiro atoms. The fraction of sp³-hybridized carbons (Fsp3) is 0.176. The lowest BCUT2D eigenvalue weighted by molar-refractivity contribution is 0.142. The summed E-state index contributed by atoms with van der Waals surface area (Å²) in [5, 5.41) is 17.3. The molecule has 42 heavy (non-hydrogen) atoms. The van der Waals surface area contributed by atoms with Crippen LogP contribution in [0.2, 0.25) is 0 Å². The van der Waals surface area contributed by atoms with Crippen molar-refractivity contribution in [3.8, 4) is 28.5 Å². The molecule has 4 aromatic carbocycles. The first-order chi connectivity index (χ1) is 20.5. The van der Waals surface area contributed by atoms with Crippen LogP contribution in [0, 0.1) is 6.92 Å². The molecule has 2 heterocycles. The lowest BCUT2D eigenvalue weighted by atomic mass is 9.99. The number of benzene rings is 4. The standard InChI is InChI=1S/C34H31N3O5/c1-22-31(29(36-37(22)2)21-41-24-13-4-3-5-14-24)28-17-9-16-26-27(33(35-32(26)28)42-34(38)39)18-10-20-40-30-19-8-12-23-11-6-7-15-25(23)30/h3-9,11-17,19,35H,10,18,20-21H2,1-2H3,(H,38,39). The lowest BCUT2D eigenvalue weighted by Gasteiger charge is -2.10. The Morgan fingerprint density at radius 3 is 2.48 bits per heavy atom. The van der Waals surface area contributed by atoms with Crippen LogP contribution in [0.4, 0.5) is 4.79 Å². The molecule has 8 nitrogen and oxygen atoms in total. The van der Waals surface area contributed by atoms with Crippen molar-refractivity contribution in [2.24, 2.45) is 7.05 Å². The molecular formula is C34H31N3O5. The third kappa shape index (κ3) is 5.39. The maximum atomic E-state index is 11.6. The predicted octanol–water partition coefficient (Wildman–Crippen LogP) is 7.68. The minimum absolute atomic E-state index is 0.221. The summed E-state index contributed by atoms with van der Waals surface area (Å²) in [6.07, 6.45) is -0.142. The molecule has 6 rings (SSSR count). The molecule has 8 heteroatoms. The summed E-state index contributed by atoms with van der Waals surface area (Å²) in [7, 11) is 1.90. The molecule has 2 aromatic heterocycles. The Morgan fingerprint density at radius 2 is 1.64 bits per heavy atom. The number of carbonyl (C=O) groups is 1. The first-order valence-corrected chi connectivity index (χ1v) is 13.8. The van der Waals surface area contributed by atoms with Crippen LogP contribution >= 0.6 is 0 Å². The summed E-state index contributed by atoms with van der Waals surface area (Å²) in [5.74, 6) is 1.81. The molecule has 0 aliphatic rings. The number of nitrogens with one attached hydrogen (secondary N) is 1. The summed E-state index contributed by atoms with van der Waals surface area (Å²) >= 11 is 0. The van der Waals surface area contributed by atoms with Crippen molar-refractivity contribution in [2.45, 2.75) is 26.4 Å². The number of aryl methyl sites for hydroxylation is 2. The van der Waals surface area contributed by atoms with Crippen molar-refractivity contribution >= 4 is 27.8 Å². The summed E-state index contributed by atoms with van der Waals surface area (Å²) < 4.78 is 19.3. The van der Waals surface area contributed by atoms with E-state index in [4.69, 9.17) is 19.3 Å². The highest BCUT2D eigenvalue weighted by molar-refractivity contribution is 5.99. The Kier molecular flexibility index (Phi) is 7.51. The predicted molar refractivity (Wildman–Crippen MR) is 162 cm³/mol. The second kappa shape index (κ2) is 11.7. The van der Waals surface area contributed by atoms with Crippen LogP contribution in [0.25, 0.3) is 32.8 Å². The largest absolute Gasteiger partial charge is 0.512 e. The summed E-state index contributed by atoms with van der Waals surface area (Å²) in [5.41, 5.74) is 5.17. The van der Waals surface area contributed by atoms with E-state index in [1.165, 1.54) is 0 Å². The SMILES string of the molecule is Cc1c(-c2cccc3c(CCCOc4cccc5ccccc45)c(OC(=O)O)[nH]c23)c(COc2ccccc2)nn1C. The number of hydrogen-bond acceptors (Lipinski definition) is 5. The summed E-state index contributed by atoms with van der Waals surface area (Å²) in [6.45, 7) is 2.76. The van der Waals surface area contributed by atoms with E-state index < -0.39 is 6.16 Å². The zero-order valence-corrected chi connectivity index (χ0v) is 23.5. The van der Waals surface area contributed by atoms with Gasteiger partial charge in [0.15, 0.2) is 0 Å². The second-order valence-corrected chi connectivity index (χ2v) is 10.1. The molecular weight excluding hydrogens is 530 g/mol. The van der Waals surface area contributed by atoms with E-state index >= 15 is 0 Å². The first kappa shape index (κ1) is 27.0. The Hall–Kier alpha value is -5.24. The van der Waals surface area contributed by atoms with Crippen LogP contribution in [0.5, 0.6) is 17.4 Å². The van der Waals surface area contributed by atoms with Gasteiger partial charge in [-0.05, 0) is 43.4 Å². The highest BCUT2D eigenvalue weighted by Crippen LogP contribution is 2.38. The molecule has 0 radical (unpaired) electrons. The molecule has 212 valence electrons. The lowest BCUT2D eigenvalue weighted by Crippen LogP contribution is -2.06. The first-order valence-electron chi connectivity index (χ1n) is 13.8. The molecule has 6 aromatic rings. The van der Waals surface area contributed by atoms with E-state index in [0.717, 1.165) is 61.3 Å². The van der Waals surface area contributed by atoms with Gasteiger partial charge in [-0.1, -0.05) is 72.8 Å². The van der Waals surface area contributed by atoms with Gasteiger partial charge in [0.2, 0.25) is 5.88 Å². The van der Waals surface area contributed by atoms with Gasteiger partial charge in [-0.2, -0.15) is 5.10 Å². The summed E-state index contributed by atoms with van der Waals surface area (Å²) in [6, 6.07) is 29.7. The van der Waals surface area contributed by atoms with Gasteiger partial charge < -0.3 is 24.3 Å². The molecule has 2 N–H and O–H groups in total. The number of nitrogens with zero attached hydrogens (tertiary/aromatic N) is 2. The smallest absolute Gasteiger partial charge is 0.493 e. The van der Waals surface area contributed by atoms with Gasteiger partial charge in [0.1, 0.15) is 23.8 Å². The van der Waals surface area contributed by atoms with Crippen LogP contribution in [0.15, 0.2) is 91.0 Å². The number of para-hydroxylation sites is 2. The van der Waals surface area contributed by atoms with Crippen LogP contribution < -0.4 is 14.2 Å². The van der Waals surface area contributed by atoms with Crippen molar-refractivity contribution in [3.05, 3.63) is 108 Å². The van der Waals surface area contributed by atoms with Gasteiger partial charge in [0.05, 0.1) is 12.1 Å². The normalized spacial score (nSPS) is 11.2. The van der Waals surface area contributed by atoms with Crippen LogP contribution in [-0.2, 0) is 20.1 Å². The zero-order valence-electron chi connectivity index (χ0n) is 23.5. The van der Waals surface area contributed by atoms with Gasteiger partial charge in [-0.15, -0.1) is 0 Å². The number of aromatic nitrogens is 3. The summed E-state index contributed by atoms with van der Waals surface area (Å²) in [4.78, 5) is 14.9. The second-order valence-electron chi connectivity index (χ2n) is 10.1. The van der Waals surface area contributed by atoms with Crippen molar-refractivity contribution in [1.29, 1.82) is 0 Å². The molecule has 0 atom stereocenters. The Morgan fingerprint density at radius 1 is 0.905 bits per heavy atom. The van der Waals surface area contributed by atoms with E-state index in [0.29, 0.717) is 19.4 Å². The number of hydrogen-bond donors (Lipinski definition) is 2. The monoisotopic (exact) mass is 561 g/mol. The molecule has 0 saturated carbocycles. The molecule has 0 saturated heterocycles. The molecule has 0 amide bonds. The Labute approximate surface area is 243 Å². The average molecular weight is 562 g/mol. The van der Waals surface area contributed by atoms with Crippen LogP contribution in [0.1, 0.15) is 23.4 Å². The number of rotatable bonds is 10. The maximum absolute atomic E-state index is 11.6. The molecule has 0 aliphatic carbocycles. The van der Waals surface area contributed by atoms with Crippen molar-refractivity contribution in [2.75, 3.05) is 6.61 Å². The van der Waals surface area contributed by atoms with Crippen molar-refractivity contribution in [3.63, 3.8) is 0 Å². The molecule has 0 bridgehead atoms. The van der Waals surface area contributed by atoms with Gasteiger partial charge >= 0.3 is 6.16 Å². The highest BCUT2D eigenvalue weighted by Gasteiger charge is 2.22. The Bertz CT molecular complexity index is 1870. The number of H-pyrrole nitrogens is 1. The number of ether oxygens (including phenoxy) is 3. The van der Waals surface area contributed by atoms with Crippen molar-refractivity contribution in [1.82, 2.24) is 14.8 Å². The third-order valence-electron chi connectivity index (χ3n) is 7.46. The van der Waals surface area contributed by atoms with E-state index in [2.05, 4.69) is 17.1 Å². The quantitative estimate of drug-likeness (QED) is 0.131. The number of carboxylic acid groups (broad SMARTS) is 1. The van der Waals surface area contributed by atoms with E-state index in [1.54, 1.807) is 0 Å². The topological polar surface area (TPSA) is 98.6 Å². The van der Waals surface area contributed by atoms with E-state index in [1.807, 2.05) is 97.5 Å². The maximum Gasteiger partial charge on any atom is 0.512 e. The third-order valence-corrected chi connectivity index (χ3v) is 7.46. The van der Waals surface area contributed by atoms with Gasteiger partial charge in [-0.3, -0.25) is 4.68 Å². The fourth-order valence-electron chi connectivity index (χ4n) is 5.43. The molecule has 0 fully saturated rings. The minimum Gasteiger partial charge on any atom is -0.493 e. The number of fused-ring (bicyclic) bond motifs is 2. The molecule has 0 aliphatic heterocycles. The fourth-order valence-corrected chi connectivity index (χ4v) is 5.43. The minimum atomic E-state index is -1.37. The van der Waals surface area contributed by atoms with Gasteiger partial charge in [0, 0.05) is 40.2 Å². The molecule has 0 unspecified atom stereocenters. The van der Waals surface area contributed by atoms with Gasteiger partial charge in [0.25, 0.3) is 0 Å². The highest BCUT2D eigenvalue weighted by atomic mass is 16.7. The average Bonchev–Trinajstić information content (AvgIpc) is 3.49. The van der Waals surface area contributed by atoms with Gasteiger partial charge in [-0.25, -0.2) is 4.79 Å². The Balaban J connectivity index is 1.29. The van der Waals surface area contributed by atoms with E-state index in [9.17, 15) is 9.90 Å². The van der Waals surface area contributed by atoms with Crippen molar-refractivity contribution < 1.29 is 24.1 Å². The van der Waals surface area contributed by atoms with Crippen LogP contribution in [-0.4, -0.2) is 32.6 Å². The van der Waals surface area contributed by atoms with Crippen LogP contribution in [0.3, 0.4) is 0 Å².